The largest absolute Gasteiger partial charge is 0.312 e. The molecule has 1 atom stereocenters. The second-order valence-electron chi connectivity index (χ2n) is 3.34. The predicted molar refractivity (Wildman–Crippen MR) is 57.8 cm³/mol. The fraction of sp³-hybridized carbons (Fsp3) is 1.00. The Morgan fingerprint density at radius 2 is 2.00 bits per heavy atom. The van der Waals surface area contributed by atoms with Crippen LogP contribution in [0.2, 0.25) is 0 Å². The SMILES string of the molecule is CCCOS(=S)C1CCCCC1. The molecule has 0 N–H and O–H groups in total. The quantitative estimate of drug-likeness (QED) is 0.699. The molecule has 1 unspecified atom stereocenters. The van der Waals surface area contributed by atoms with Crippen LogP contribution in [-0.2, 0) is 25.1 Å². The summed E-state index contributed by atoms with van der Waals surface area (Å²) in [4.78, 5) is 0. The zero-order valence-corrected chi connectivity index (χ0v) is 9.38. The normalized spacial score (nSPS) is 22.4. The fourth-order valence-corrected chi connectivity index (χ4v) is 3.54. The molecule has 0 heterocycles. The fourth-order valence-electron chi connectivity index (χ4n) is 1.52. The van der Waals surface area contributed by atoms with Gasteiger partial charge in [-0.05, 0) is 30.5 Å². The van der Waals surface area contributed by atoms with Crippen molar-refractivity contribution in [3.05, 3.63) is 0 Å². The van der Waals surface area contributed by atoms with E-state index in [1.165, 1.54) is 32.1 Å². The molecule has 0 bridgehead atoms. The van der Waals surface area contributed by atoms with Gasteiger partial charge < -0.3 is 4.18 Å². The van der Waals surface area contributed by atoms with Crippen LogP contribution in [0.5, 0.6) is 0 Å². The maximum Gasteiger partial charge on any atom is 0.0614 e. The maximum atomic E-state index is 5.57. The highest BCUT2D eigenvalue weighted by Crippen LogP contribution is 2.22. The van der Waals surface area contributed by atoms with Crippen molar-refractivity contribution in [1.82, 2.24) is 0 Å². The minimum Gasteiger partial charge on any atom is -0.312 e. The van der Waals surface area contributed by atoms with Gasteiger partial charge in [-0.2, -0.15) is 0 Å². The van der Waals surface area contributed by atoms with Crippen LogP contribution in [0.25, 0.3) is 0 Å². The lowest BCUT2D eigenvalue weighted by molar-refractivity contribution is 0.357. The molecule has 1 rings (SSSR count). The molecule has 0 aromatic heterocycles. The third kappa shape index (κ3) is 3.50. The standard InChI is InChI=1S/C9H18OS2/c1-2-8-10-12(11)9-6-4-3-5-7-9/h9H,2-8H2,1H3. The van der Waals surface area contributed by atoms with Gasteiger partial charge in [-0.15, -0.1) is 0 Å². The second-order valence-corrected chi connectivity index (χ2v) is 5.75. The van der Waals surface area contributed by atoms with E-state index < -0.39 is 0 Å². The van der Waals surface area contributed by atoms with Gasteiger partial charge in [0.2, 0.25) is 0 Å². The molecule has 1 fully saturated rings. The average molecular weight is 206 g/mol. The highest BCUT2D eigenvalue weighted by atomic mass is 32.8. The smallest absolute Gasteiger partial charge is 0.0614 e. The van der Waals surface area contributed by atoms with E-state index in [0.717, 1.165) is 13.0 Å². The van der Waals surface area contributed by atoms with Crippen LogP contribution in [0.4, 0.5) is 0 Å². The molecule has 0 spiro atoms. The van der Waals surface area contributed by atoms with E-state index in [4.69, 9.17) is 15.4 Å². The van der Waals surface area contributed by atoms with Gasteiger partial charge in [-0.3, -0.25) is 0 Å². The van der Waals surface area contributed by atoms with Gasteiger partial charge in [0.1, 0.15) is 0 Å². The zero-order chi connectivity index (χ0) is 8.81. The number of rotatable bonds is 4. The van der Waals surface area contributed by atoms with Gasteiger partial charge in [0, 0.05) is 15.0 Å². The first-order chi connectivity index (χ1) is 5.84. The summed E-state index contributed by atoms with van der Waals surface area (Å²) in [6.45, 7) is 2.98. The van der Waals surface area contributed by atoms with Crippen LogP contribution in [0.1, 0.15) is 45.4 Å². The molecule has 1 saturated carbocycles. The van der Waals surface area contributed by atoms with E-state index in [1.807, 2.05) is 0 Å². The Bertz CT molecular complexity index is 141. The minimum atomic E-state index is -0.173. The van der Waals surface area contributed by atoms with E-state index in [1.54, 1.807) is 0 Å². The first-order valence-electron chi connectivity index (χ1n) is 4.88. The Hall–Kier alpha value is 0.530. The van der Waals surface area contributed by atoms with Crippen molar-refractivity contribution in [2.45, 2.75) is 50.7 Å². The van der Waals surface area contributed by atoms with Gasteiger partial charge in [0.05, 0.1) is 6.61 Å². The molecule has 0 radical (unpaired) electrons. The Labute approximate surface area is 82.7 Å². The first-order valence-corrected chi connectivity index (χ1v) is 7.02. The summed E-state index contributed by atoms with van der Waals surface area (Å²) < 4.78 is 5.57. The number of hydrogen-bond donors (Lipinski definition) is 0. The van der Waals surface area contributed by atoms with Crippen molar-refractivity contribution in [2.24, 2.45) is 0 Å². The van der Waals surface area contributed by atoms with E-state index in [-0.39, 0.29) is 9.74 Å². The van der Waals surface area contributed by atoms with E-state index in [9.17, 15) is 0 Å². The Morgan fingerprint density at radius 1 is 1.33 bits per heavy atom. The van der Waals surface area contributed by atoms with E-state index in [2.05, 4.69) is 6.92 Å². The molecular formula is C9H18OS2. The van der Waals surface area contributed by atoms with Crippen molar-refractivity contribution >= 4 is 20.9 Å². The van der Waals surface area contributed by atoms with Crippen molar-refractivity contribution in [3.63, 3.8) is 0 Å². The zero-order valence-electron chi connectivity index (χ0n) is 7.75. The Morgan fingerprint density at radius 3 is 2.58 bits per heavy atom. The first kappa shape index (κ1) is 10.6. The van der Waals surface area contributed by atoms with Gasteiger partial charge in [0.15, 0.2) is 0 Å². The van der Waals surface area contributed by atoms with Crippen LogP contribution in [-0.4, -0.2) is 11.9 Å². The summed E-state index contributed by atoms with van der Waals surface area (Å²) in [6, 6.07) is 0. The van der Waals surface area contributed by atoms with E-state index in [0.29, 0.717) is 5.25 Å². The van der Waals surface area contributed by atoms with Crippen LogP contribution in [0.15, 0.2) is 0 Å². The lowest BCUT2D eigenvalue weighted by atomic mass is 10.0. The van der Waals surface area contributed by atoms with Gasteiger partial charge in [-0.25, -0.2) is 0 Å². The molecule has 1 nitrogen and oxygen atoms in total. The molecule has 0 aromatic carbocycles. The summed E-state index contributed by atoms with van der Waals surface area (Å²) >= 11 is 5.33. The van der Waals surface area contributed by atoms with Gasteiger partial charge >= 0.3 is 0 Å². The third-order valence-corrected chi connectivity index (χ3v) is 4.75. The number of hydrogen-bond acceptors (Lipinski definition) is 2. The predicted octanol–water partition coefficient (Wildman–Crippen LogP) is 2.74. The van der Waals surface area contributed by atoms with Crippen molar-refractivity contribution in [1.29, 1.82) is 0 Å². The summed E-state index contributed by atoms with van der Waals surface area (Å²) in [5.74, 6) is 0. The Kier molecular flexibility index (Phi) is 5.35. The molecule has 12 heavy (non-hydrogen) atoms. The highest BCUT2D eigenvalue weighted by molar-refractivity contribution is 8.26. The van der Waals surface area contributed by atoms with Crippen LogP contribution in [0, 0.1) is 0 Å². The molecule has 0 aliphatic heterocycles. The minimum absolute atomic E-state index is 0.173. The summed E-state index contributed by atoms with van der Waals surface area (Å²) in [5.41, 5.74) is 0. The highest BCUT2D eigenvalue weighted by Gasteiger charge is 2.17. The monoisotopic (exact) mass is 206 g/mol. The molecule has 0 saturated heterocycles. The van der Waals surface area contributed by atoms with Crippen LogP contribution >= 0.6 is 0 Å². The van der Waals surface area contributed by atoms with Gasteiger partial charge in [0.25, 0.3) is 0 Å². The molecule has 1 aliphatic rings. The summed E-state index contributed by atoms with van der Waals surface area (Å²) in [5, 5.41) is 0.695. The van der Waals surface area contributed by atoms with Crippen LogP contribution in [0.3, 0.4) is 0 Å². The average Bonchev–Trinajstić information content (AvgIpc) is 2.15. The van der Waals surface area contributed by atoms with E-state index >= 15 is 0 Å². The summed E-state index contributed by atoms with van der Waals surface area (Å²) in [6.07, 6.45) is 7.82. The molecule has 0 amide bonds. The van der Waals surface area contributed by atoms with Gasteiger partial charge in [-0.1, -0.05) is 26.2 Å². The van der Waals surface area contributed by atoms with Crippen LogP contribution < -0.4 is 0 Å². The molecule has 0 aromatic rings. The molecule has 1 aliphatic carbocycles. The topological polar surface area (TPSA) is 9.23 Å². The molecule has 72 valence electrons. The lowest BCUT2D eigenvalue weighted by Gasteiger charge is -2.22. The summed E-state index contributed by atoms with van der Waals surface area (Å²) in [7, 11) is -0.173. The molecule has 3 heteroatoms. The lowest BCUT2D eigenvalue weighted by Crippen LogP contribution is -2.19. The van der Waals surface area contributed by atoms with Crippen molar-refractivity contribution < 1.29 is 4.18 Å². The Balaban J connectivity index is 2.20. The third-order valence-electron chi connectivity index (χ3n) is 2.23. The molecular weight excluding hydrogens is 188 g/mol. The van der Waals surface area contributed by atoms with Crippen molar-refractivity contribution in [3.8, 4) is 0 Å². The second kappa shape index (κ2) is 6.06. The van der Waals surface area contributed by atoms with Crippen molar-refractivity contribution in [2.75, 3.05) is 6.61 Å². The maximum absolute atomic E-state index is 5.57.